The Hall–Kier alpha value is -4.19. The normalized spacial score (nSPS) is 15.8. The second-order valence-electron chi connectivity index (χ2n) is 10.5. The van der Waals surface area contributed by atoms with Gasteiger partial charge in [0.15, 0.2) is 5.60 Å². The number of benzene rings is 3. The standard InChI is InChI=1S/C32H31ClFN3O6S/c1-20(2)30(44(38)39)17-41-18-32(10-5-11-43-32)25-14-24-27(15-29(25)40-3)35-19-36-31(24)37-23-8-9-28(26(33)13-23)42-16-21-6-4-7-22(34)12-21/h4-9,11-15,19-20H,10,16-18H2,1-3H3,(H,35,36,37). The van der Waals surface area contributed by atoms with Gasteiger partial charge >= 0.3 is 0 Å². The molecule has 230 valence electrons. The molecule has 9 nitrogen and oxygen atoms in total. The summed E-state index contributed by atoms with van der Waals surface area (Å²) in [7, 11) is -0.789. The van der Waals surface area contributed by atoms with Crippen molar-refractivity contribution in [2.24, 2.45) is 5.92 Å². The third kappa shape index (κ3) is 6.96. The molecule has 4 aromatic rings. The fourth-order valence-electron chi connectivity index (χ4n) is 4.86. The summed E-state index contributed by atoms with van der Waals surface area (Å²) < 4.78 is 60.4. The second-order valence-corrected chi connectivity index (χ2v) is 11.9. The summed E-state index contributed by atoms with van der Waals surface area (Å²) in [5.41, 5.74) is 1.71. The van der Waals surface area contributed by atoms with Crippen LogP contribution in [0.3, 0.4) is 0 Å². The molecule has 0 spiro atoms. The van der Waals surface area contributed by atoms with Crippen LogP contribution in [-0.4, -0.2) is 43.6 Å². The number of fused-ring (bicyclic) bond motifs is 1. The number of hydrogen-bond acceptors (Lipinski definition) is 9. The first-order chi connectivity index (χ1) is 21.2. The number of halogens is 2. The molecule has 0 bridgehead atoms. The second kappa shape index (κ2) is 13.6. The molecule has 1 N–H and O–H groups in total. The SMILES string of the molecule is COc1cc2ncnc(Nc3ccc(OCc4cccc(F)c4)c(Cl)c3)c2cc1C1(COCC(C(C)C)=S(=O)=O)CC=CO1. The molecule has 12 heteroatoms. The molecule has 2 heterocycles. The van der Waals surface area contributed by atoms with Crippen molar-refractivity contribution in [1.82, 2.24) is 9.97 Å². The summed E-state index contributed by atoms with van der Waals surface area (Å²) in [6.45, 7) is 3.81. The lowest BCUT2D eigenvalue weighted by Gasteiger charge is -2.31. The highest BCUT2D eigenvalue weighted by Crippen LogP contribution is 2.43. The van der Waals surface area contributed by atoms with Crippen LogP contribution in [0.2, 0.25) is 5.02 Å². The fourth-order valence-corrected chi connectivity index (χ4v) is 5.66. The molecule has 44 heavy (non-hydrogen) atoms. The molecule has 0 aliphatic carbocycles. The van der Waals surface area contributed by atoms with E-state index in [0.717, 1.165) is 0 Å². The van der Waals surface area contributed by atoms with Gasteiger partial charge in [-0.15, -0.1) is 0 Å². The topological polar surface area (TPSA) is 109 Å². The van der Waals surface area contributed by atoms with Gasteiger partial charge in [0.25, 0.3) is 0 Å². The van der Waals surface area contributed by atoms with Crippen LogP contribution < -0.4 is 14.8 Å². The van der Waals surface area contributed by atoms with E-state index in [9.17, 15) is 12.8 Å². The minimum atomic E-state index is -2.35. The lowest BCUT2D eigenvalue weighted by atomic mass is 9.90. The van der Waals surface area contributed by atoms with E-state index in [1.165, 1.54) is 18.5 Å². The molecule has 1 aromatic heterocycles. The van der Waals surface area contributed by atoms with Crippen molar-refractivity contribution in [2.45, 2.75) is 32.5 Å². The Morgan fingerprint density at radius 3 is 2.66 bits per heavy atom. The Morgan fingerprint density at radius 2 is 1.98 bits per heavy atom. The van der Waals surface area contributed by atoms with Gasteiger partial charge in [0.1, 0.15) is 36.1 Å². The summed E-state index contributed by atoms with van der Waals surface area (Å²) in [6.07, 6.45) is 5.41. The zero-order valence-corrected chi connectivity index (χ0v) is 25.9. The first-order valence-corrected chi connectivity index (χ1v) is 15.3. The Labute approximate surface area is 261 Å². The van der Waals surface area contributed by atoms with Crippen LogP contribution in [-0.2, 0) is 32.0 Å². The smallest absolute Gasteiger partial charge is 0.215 e. The Bertz CT molecular complexity index is 1830. The van der Waals surface area contributed by atoms with E-state index in [-0.39, 0.29) is 36.4 Å². The third-order valence-corrected chi connectivity index (χ3v) is 8.51. The average molecular weight is 640 g/mol. The quantitative estimate of drug-likeness (QED) is 0.171. The van der Waals surface area contributed by atoms with Gasteiger partial charge in [-0.25, -0.2) is 14.4 Å². The number of methoxy groups -OCH3 is 1. The highest BCUT2D eigenvalue weighted by atomic mass is 35.5. The monoisotopic (exact) mass is 639 g/mol. The van der Waals surface area contributed by atoms with E-state index >= 15 is 0 Å². The Balaban J connectivity index is 1.41. The zero-order chi connectivity index (χ0) is 31.3. The van der Waals surface area contributed by atoms with Crippen LogP contribution >= 0.6 is 11.6 Å². The maximum atomic E-state index is 13.5. The van der Waals surface area contributed by atoms with Crippen molar-refractivity contribution in [2.75, 3.05) is 25.6 Å². The van der Waals surface area contributed by atoms with Gasteiger partial charge in [0.05, 0.1) is 42.0 Å². The molecule has 0 saturated carbocycles. The van der Waals surface area contributed by atoms with Crippen molar-refractivity contribution >= 4 is 49.2 Å². The van der Waals surface area contributed by atoms with E-state index in [1.807, 2.05) is 12.1 Å². The molecule has 1 aliphatic heterocycles. The number of nitrogens with one attached hydrogen (secondary N) is 1. The Kier molecular flexibility index (Phi) is 9.68. The Morgan fingerprint density at radius 1 is 1.14 bits per heavy atom. The molecular formula is C32H31ClFN3O6S. The zero-order valence-electron chi connectivity index (χ0n) is 24.3. The first kappa shape index (κ1) is 31.2. The molecule has 1 aliphatic rings. The van der Waals surface area contributed by atoms with Gasteiger partial charge in [-0.05, 0) is 54.0 Å². The van der Waals surface area contributed by atoms with Crippen molar-refractivity contribution in [3.05, 3.63) is 95.2 Å². The van der Waals surface area contributed by atoms with Crippen molar-refractivity contribution < 1.29 is 31.8 Å². The lowest BCUT2D eigenvalue weighted by molar-refractivity contribution is -0.0377. The summed E-state index contributed by atoms with van der Waals surface area (Å²) in [5.74, 6) is 0.989. The minimum Gasteiger partial charge on any atom is -0.496 e. The minimum absolute atomic E-state index is 0.0482. The molecule has 0 amide bonds. The van der Waals surface area contributed by atoms with E-state index in [0.29, 0.717) is 56.5 Å². The van der Waals surface area contributed by atoms with E-state index in [4.69, 9.17) is 30.5 Å². The number of anilines is 2. The number of nitrogens with zero attached hydrogens (tertiary/aromatic N) is 2. The summed E-state index contributed by atoms with van der Waals surface area (Å²) in [6, 6.07) is 15.1. The number of ether oxygens (including phenoxy) is 4. The van der Waals surface area contributed by atoms with Gasteiger partial charge in [-0.3, -0.25) is 0 Å². The molecular weight excluding hydrogens is 609 g/mol. The maximum absolute atomic E-state index is 13.5. The average Bonchev–Trinajstić information content (AvgIpc) is 3.48. The van der Waals surface area contributed by atoms with Gasteiger partial charge in [-0.2, -0.15) is 8.42 Å². The van der Waals surface area contributed by atoms with Crippen LogP contribution in [0, 0.1) is 11.7 Å². The molecule has 3 aromatic carbocycles. The maximum Gasteiger partial charge on any atom is 0.215 e. The van der Waals surface area contributed by atoms with Crippen LogP contribution in [0.4, 0.5) is 15.9 Å². The van der Waals surface area contributed by atoms with Gasteiger partial charge in [-0.1, -0.05) is 37.6 Å². The largest absolute Gasteiger partial charge is 0.496 e. The van der Waals surface area contributed by atoms with Crippen LogP contribution in [0.15, 0.2) is 73.3 Å². The van der Waals surface area contributed by atoms with E-state index < -0.39 is 15.9 Å². The molecule has 0 radical (unpaired) electrons. The number of aromatic nitrogens is 2. The van der Waals surface area contributed by atoms with Crippen LogP contribution in [0.25, 0.3) is 10.9 Å². The molecule has 5 rings (SSSR count). The molecule has 0 saturated heterocycles. The van der Waals surface area contributed by atoms with Gasteiger partial charge in [0.2, 0.25) is 10.3 Å². The predicted molar refractivity (Wildman–Crippen MR) is 168 cm³/mol. The first-order valence-electron chi connectivity index (χ1n) is 13.8. The van der Waals surface area contributed by atoms with Crippen LogP contribution in [0.1, 0.15) is 31.4 Å². The van der Waals surface area contributed by atoms with Gasteiger partial charge in [0, 0.05) is 29.1 Å². The van der Waals surface area contributed by atoms with Crippen LogP contribution in [0.5, 0.6) is 11.5 Å². The van der Waals surface area contributed by atoms with E-state index in [2.05, 4.69) is 15.3 Å². The van der Waals surface area contributed by atoms with Crippen molar-refractivity contribution in [1.29, 1.82) is 0 Å². The number of rotatable bonds is 12. The summed E-state index contributed by atoms with van der Waals surface area (Å²) >= 11 is 6.52. The third-order valence-electron chi connectivity index (χ3n) is 7.20. The van der Waals surface area contributed by atoms with Crippen molar-refractivity contribution in [3.8, 4) is 11.5 Å². The summed E-state index contributed by atoms with van der Waals surface area (Å²) in [4.78, 5) is 9.19. The molecule has 1 atom stereocenters. The van der Waals surface area contributed by atoms with Gasteiger partial charge < -0.3 is 24.3 Å². The fraction of sp³-hybridized carbons (Fsp3) is 0.281. The van der Waals surface area contributed by atoms with Crippen molar-refractivity contribution in [3.63, 3.8) is 0 Å². The predicted octanol–water partition coefficient (Wildman–Crippen LogP) is 6.61. The highest BCUT2D eigenvalue weighted by molar-refractivity contribution is 7.73. The highest BCUT2D eigenvalue weighted by Gasteiger charge is 2.39. The summed E-state index contributed by atoms with van der Waals surface area (Å²) in [5, 5.41) is 4.36. The molecule has 0 fully saturated rings. The lowest BCUT2D eigenvalue weighted by Crippen LogP contribution is -2.33. The molecule has 1 unspecified atom stereocenters. The van der Waals surface area contributed by atoms with E-state index in [1.54, 1.807) is 63.6 Å². The number of hydrogen-bond donors (Lipinski definition) is 1.